The third-order valence-electron chi connectivity index (χ3n) is 4.56. The van der Waals surface area contributed by atoms with E-state index in [1.165, 1.54) is 23.9 Å². The van der Waals surface area contributed by atoms with Crippen molar-refractivity contribution >= 4 is 23.4 Å². The summed E-state index contributed by atoms with van der Waals surface area (Å²) in [6.07, 6.45) is 0. The van der Waals surface area contributed by atoms with Gasteiger partial charge in [-0.15, -0.1) is 10.2 Å². The first kappa shape index (κ1) is 19.8. The lowest BCUT2D eigenvalue weighted by molar-refractivity contribution is -0.113. The largest absolute Gasteiger partial charge is 0.325 e. The lowest BCUT2D eigenvalue weighted by Crippen LogP contribution is -2.15. The third kappa shape index (κ3) is 4.41. The van der Waals surface area contributed by atoms with Gasteiger partial charge in [-0.3, -0.25) is 4.79 Å². The normalized spacial score (nSPS) is 10.7. The van der Waals surface area contributed by atoms with E-state index in [2.05, 4.69) is 15.5 Å². The highest BCUT2D eigenvalue weighted by molar-refractivity contribution is 7.99. The fraction of sp³-hybridized carbons (Fsp3) is 0.0870. The molecule has 0 radical (unpaired) electrons. The van der Waals surface area contributed by atoms with Crippen LogP contribution in [-0.2, 0) is 11.8 Å². The number of rotatable bonds is 6. The Kier molecular flexibility index (Phi) is 5.90. The molecule has 0 fully saturated rings. The zero-order valence-corrected chi connectivity index (χ0v) is 17.1. The molecule has 0 bridgehead atoms. The molecule has 1 N–H and O–H groups in total. The van der Waals surface area contributed by atoms with Gasteiger partial charge in [-0.2, -0.15) is 0 Å². The Morgan fingerprint density at radius 1 is 0.933 bits per heavy atom. The SMILES string of the molecule is Cn1c(SCC(=O)Nc2ccccc2-c2ccccc2)nnc1-c1ccc(F)cc1. The van der Waals surface area contributed by atoms with Gasteiger partial charge in [-0.05, 0) is 35.9 Å². The molecule has 0 aliphatic rings. The molecule has 0 atom stereocenters. The van der Waals surface area contributed by atoms with Crippen LogP contribution in [0.15, 0.2) is 84.0 Å². The number of hydrogen-bond acceptors (Lipinski definition) is 4. The van der Waals surface area contributed by atoms with Crippen LogP contribution < -0.4 is 5.32 Å². The number of halogens is 1. The summed E-state index contributed by atoms with van der Waals surface area (Å²) >= 11 is 1.30. The van der Waals surface area contributed by atoms with E-state index in [1.807, 2.05) is 61.6 Å². The lowest BCUT2D eigenvalue weighted by Gasteiger charge is -2.11. The van der Waals surface area contributed by atoms with Crippen LogP contribution >= 0.6 is 11.8 Å². The number of anilines is 1. The van der Waals surface area contributed by atoms with Crippen LogP contribution in [0.4, 0.5) is 10.1 Å². The van der Waals surface area contributed by atoms with E-state index in [0.717, 1.165) is 22.4 Å². The first-order valence-corrected chi connectivity index (χ1v) is 10.3. The van der Waals surface area contributed by atoms with Gasteiger partial charge >= 0.3 is 0 Å². The van der Waals surface area contributed by atoms with E-state index >= 15 is 0 Å². The molecule has 0 unspecified atom stereocenters. The van der Waals surface area contributed by atoms with Crippen molar-refractivity contribution in [2.45, 2.75) is 5.16 Å². The van der Waals surface area contributed by atoms with E-state index in [9.17, 15) is 9.18 Å². The average molecular weight is 418 g/mol. The van der Waals surface area contributed by atoms with Gasteiger partial charge in [0.15, 0.2) is 11.0 Å². The van der Waals surface area contributed by atoms with Crippen molar-refractivity contribution in [3.05, 3.63) is 84.7 Å². The highest BCUT2D eigenvalue weighted by atomic mass is 32.2. The summed E-state index contributed by atoms with van der Waals surface area (Å²) < 4.78 is 14.9. The first-order chi connectivity index (χ1) is 14.6. The Labute approximate surface area is 178 Å². The second kappa shape index (κ2) is 8.92. The molecule has 0 saturated heterocycles. The number of para-hydroxylation sites is 1. The van der Waals surface area contributed by atoms with Crippen molar-refractivity contribution in [1.82, 2.24) is 14.8 Å². The van der Waals surface area contributed by atoms with Gasteiger partial charge in [0.05, 0.1) is 5.75 Å². The van der Waals surface area contributed by atoms with Gasteiger partial charge in [0.1, 0.15) is 5.82 Å². The summed E-state index contributed by atoms with van der Waals surface area (Å²) in [5, 5.41) is 11.9. The number of hydrogen-bond donors (Lipinski definition) is 1. The number of nitrogens with zero attached hydrogens (tertiary/aromatic N) is 3. The molecule has 1 amide bonds. The van der Waals surface area contributed by atoms with E-state index in [4.69, 9.17) is 0 Å². The number of nitrogens with one attached hydrogen (secondary N) is 1. The fourth-order valence-electron chi connectivity index (χ4n) is 3.07. The summed E-state index contributed by atoms with van der Waals surface area (Å²) in [4.78, 5) is 12.6. The van der Waals surface area contributed by atoms with Gasteiger partial charge in [-0.1, -0.05) is 60.3 Å². The molecule has 0 aliphatic carbocycles. The predicted octanol–water partition coefficient (Wildman–Crippen LogP) is 5.02. The second-order valence-electron chi connectivity index (χ2n) is 6.62. The Balaban J connectivity index is 1.44. The standard InChI is InChI=1S/C23H19FN4OS/c1-28-22(17-11-13-18(24)14-12-17)26-27-23(28)30-15-21(29)25-20-10-6-5-9-19(20)16-7-3-2-4-8-16/h2-14H,15H2,1H3,(H,25,29). The van der Waals surface area contributed by atoms with Gasteiger partial charge in [0, 0.05) is 23.9 Å². The van der Waals surface area contributed by atoms with Crippen molar-refractivity contribution in [2.75, 3.05) is 11.1 Å². The van der Waals surface area contributed by atoms with Crippen molar-refractivity contribution < 1.29 is 9.18 Å². The molecule has 7 heteroatoms. The monoisotopic (exact) mass is 418 g/mol. The molecule has 4 aromatic rings. The predicted molar refractivity (Wildman–Crippen MR) is 118 cm³/mol. The number of aromatic nitrogens is 3. The summed E-state index contributed by atoms with van der Waals surface area (Å²) in [7, 11) is 1.82. The number of amides is 1. The molecular weight excluding hydrogens is 399 g/mol. The quantitative estimate of drug-likeness (QED) is 0.447. The van der Waals surface area contributed by atoms with E-state index in [-0.39, 0.29) is 17.5 Å². The average Bonchev–Trinajstić information content (AvgIpc) is 3.14. The van der Waals surface area contributed by atoms with Crippen LogP contribution in [0.1, 0.15) is 0 Å². The van der Waals surface area contributed by atoms with Crippen molar-refractivity contribution in [1.29, 1.82) is 0 Å². The van der Waals surface area contributed by atoms with E-state index < -0.39 is 0 Å². The maximum atomic E-state index is 13.1. The zero-order valence-electron chi connectivity index (χ0n) is 16.2. The summed E-state index contributed by atoms with van der Waals surface area (Å²) in [5.74, 6) is 0.378. The molecule has 0 spiro atoms. The highest BCUT2D eigenvalue weighted by Crippen LogP contribution is 2.28. The molecular formula is C23H19FN4OS. The summed E-state index contributed by atoms with van der Waals surface area (Å²) in [5.41, 5.74) is 3.53. The second-order valence-corrected chi connectivity index (χ2v) is 7.56. The third-order valence-corrected chi connectivity index (χ3v) is 5.58. The fourth-order valence-corrected chi connectivity index (χ4v) is 3.78. The molecule has 150 valence electrons. The Bertz CT molecular complexity index is 1160. The van der Waals surface area contributed by atoms with E-state index in [0.29, 0.717) is 11.0 Å². The Morgan fingerprint density at radius 3 is 2.40 bits per heavy atom. The molecule has 3 aromatic carbocycles. The van der Waals surface area contributed by atoms with Crippen LogP contribution in [-0.4, -0.2) is 26.4 Å². The summed E-state index contributed by atoms with van der Waals surface area (Å²) in [6, 6.07) is 23.7. The molecule has 0 aliphatic heterocycles. The topological polar surface area (TPSA) is 59.8 Å². The number of carbonyl (C=O) groups excluding carboxylic acids is 1. The first-order valence-electron chi connectivity index (χ1n) is 9.34. The van der Waals surface area contributed by atoms with Gasteiger partial charge in [0.2, 0.25) is 5.91 Å². The molecule has 1 heterocycles. The maximum absolute atomic E-state index is 13.1. The smallest absolute Gasteiger partial charge is 0.234 e. The zero-order chi connectivity index (χ0) is 20.9. The molecule has 0 saturated carbocycles. The van der Waals surface area contributed by atoms with Crippen molar-refractivity contribution in [3.8, 4) is 22.5 Å². The maximum Gasteiger partial charge on any atom is 0.234 e. The van der Waals surface area contributed by atoms with Gasteiger partial charge in [-0.25, -0.2) is 4.39 Å². The Hall–Kier alpha value is -3.45. The van der Waals surface area contributed by atoms with Crippen LogP contribution in [0, 0.1) is 5.82 Å². The molecule has 1 aromatic heterocycles. The van der Waals surface area contributed by atoms with Crippen LogP contribution in [0.2, 0.25) is 0 Å². The van der Waals surface area contributed by atoms with E-state index in [1.54, 1.807) is 16.7 Å². The lowest BCUT2D eigenvalue weighted by atomic mass is 10.0. The van der Waals surface area contributed by atoms with Crippen LogP contribution in [0.5, 0.6) is 0 Å². The number of benzene rings is 3. The molecule has 4 rings (SSSR count). The van der Waals surface area contributed by atoms with Crippen molar-refractivity contribution in [3.63, 3.8) is 0 Å². The minimum atomic E-state index is -0.303. The number of carbonyl (C=O) groups is 1. The van der Waals surface area contributed by atoms with Gasteiger partial charge < -0.3 is 9.88 Å². The van der Waals surface area contributed by atoms with Crippen molar-refractivity contribution in [2.24, 2.45) is 7.05 Å². The molecule has 5 nitrogen and oxygen atoms in total. The highest BCUT2D eigenvalue weighted by Gasteiger charge is 2.14. The minimum Gasteiger partial charge on any atom is -0.325 e. The summed E-state index contributed by atoms with van der Waals surface area (Å²) in [6.45, 7) is 0. The molecule has 30 heavy (non-hydrogen) atoms. The van der Waals surface area contributed by atoms with Crippen LogP contribution in [0.25, 0.3) is 22.5 Å². The minimum absolute atomic E-state index is 0.130. The van der Waals surface area contributed by atoms with Gasteiger partial charge in [0.25, 0.3) is 0 Å². The Morgan fingerprint density at radius 2 is 1.63 bits per heavy atom. The van der Waals surface area contributed by atoms with Crippen LogP contribution in [0.3, 0.4) is 0 Å². The number of thioether (sulfide) groups is 1.